The number of morpholine rings is 1. The smallest absolute Gasteiger partial charge is 0.229 e. The summed E-state index contributed by atoms with van der Waals surface area (Å²) >= 11 is 0. The predicted octanol–water partition coefficient (Wildman–Crippen LogP) is 4.87. The zero-order valence-corrected chi connectivity index (χ0v) is 18.6. The molecule has 3 heterocycles. The summed E-state index contributed by atoms with van der Waals surface area (Å²) in [5, 5.41) is 6.37. The van der Waals surface area contributed by atoms with E-state index in [4.69, 9.17) is 9.72 Å². The first kappa shape index (κ1) is 21.1. The number of halogens is 1. The first-order valence-electron chi connectivity index (χ1n) is 11.0. The molecule has 4 aromatic rings. The van der Waals surface area contributed by atoms with Crippen LogP contribution in [0, 0.1) is 5.82 Å². The average molecular weight is 448 g/mol. The summed E-state index contributed by atoms with van der Waals surface area (Å²) in [7, 11) is 0. The molecule has 170 valence electrons. The van der Waals surface area contributed by atoms with Gasteiger partial charge < -0.3 is 20.3 Å². The van der Waals surface area contributed by atoms with Crippen LogP contribution >= 0.6 is 0 Å². The quantitative estimate of drug-likeness (QED) is 0.436. The second-order valence-corrected chi connectivity index (χ2v) is 8.18. The van der Waals surface area contributed by atoms with Gasteiger partial charge >= 0.3 is 0 Å². The maximum Gasteiger partial charge on any atom is 0.229 e. The third-order valence-corrected chi connectivity index (χ3v) is 5.57. The van der Waals surface area contributed by atoms with Crippen molar-refractivity contribution in [2.45, 2.75) is 19.9 Å². The number of fused-ring (bicyclic) bond motifs is 1. The normalized spacial score (nSPS) is 14.1. The molecule has 2 aromatic heterocycles. The topological polar surface area (TPSA) is 80.1 Å². The molecule has 0 unspecified atom stereocenters. The third kappa shape index (κ3) is 4.45. The second kappa shape index (κ2) is 9.03. The summed E-state index contributed by atoms with van der Waals surface area (Å²) in [6, 6.07) is 14.8. The Morgan fingerprint density at radius 1 is 0.970 bits per heavy atom. The van der Waals surface area contributed by atoms with Gasteiger partial charge in [-0.2, -0.15) is 4.98 Å². The molecular formula is C24H26FN7O. The van der Waals surface area contributed by atoms with Crippen LogP contribution in [0.4, 0.5) is 33.3 Å². The number of nitrogens with one attached hydrogen (secondary N) is 2. The number of rotatable bonds is 6. The minimum absolute atomic E-state index is 0.0554. The van der Waals surface area contributed by atoms with Crippen molar-refractivity contribution in [3.63, 3.8) is 0 Å². The zero-order valence-electron chi connectivity index (χ0n) is 18.6. The maximum atomic E-state index is 14.2. The largest absolute Gasteiger partial charge is 0.378 e. The number of para-hydroxylation sites is 1. The predicted molar refractivity (Wildman–Crippen MR) is 128 cm³/mol. The van der Waals surface area contributed by atoms with Crippen molar-refractivity contribution in [3.05, 3.63) is 60.5 Å². The fraction of sp³-hybridized carbons (Fsp3) is 0.292. The lowest BCUT2D eigenvalue weighted by Crippen LogP contribution is -2.36. The van der Waals surface area contributed by atoms with Crippen molar-refractivity contribution in [1.29, 1.82) is 0 Å². The Balaban J connectivity index is 1.40. The van der Waals surface area contributed by atoms with Crippen molar-refractivity contribution in [2.24, 2.45) is 0 Å². The zero-order chi connectivity index (χ0) is 22.8. The highest BCUT2D eigenvalue weighted by molar-refractivity contribution is 5.77. The van der Waals surface area contributed by atoms with Crippen molar-refractivity contribution in [1.82, 2.24) is 19.5 Å². The van der Waals surface area contributed by atoms with E-state index in [0.29, 0.717) is 28.7 Å². The molecule has 1 saturated heterocycles. The first-order chi connectivity index (χ1) is 16.1. The monoisotopic (exact) mass is 447 g/mol. The SMILES string of the molecule is CC(C)n1c(Nc2ccccc2F)nc2cnc(Nc3ccc(N4CCOCC4)cc3)nc21. The molecule has 2 aromatic carbocycles. The summed E-state index contributed by atoms with van der Waals surface area (Å²) in [6.07, 6.45) is 1.68. The molecule has 2 N–H and O–H groups in total. The number of hydrogen-bond donors (Lipinski definition) is 2. The standard InChI is InChI=1S/C24H26FN7O/c1-16(2)32-22-21(29-24(32)28-20-6-4-3-5-19(20)25)15-26-23(30-22)27-17-7-9-18(10-8-17)31-11-13-33-14-12-31/h3-10,15-16H,11-14H2,1-2H3,(H,28,29)(H,26,27,30). The molecule has 0 amide bonds. The number of benzene rings is 2. The van der Waals surface area contributed by atoms with E-state index in [1.165, 1.54) is 11.8 Å². The molecule has 0 bridgehead atoms. The molecule has 8 nitrogen and oxygen atoms in total. The Morgan fingerprint density at radius 3 is 2.45 bits per heavy atom. The Morgan fingerprint density at radius 2 is 1.73 bits per heavy atom. The Labute approximate surface area is 191 Å². The highest BCUT2D eigenvalue weighted by atomic mass is 19.1. The lowest BCUT2D eigenvalue weighted by Gasteiger charge is -2.28. The van der Waals surface area contributed by atoms with E-state index in [2.05, 4.69) is 37.6 Å². The van der Waals surface area contributed by atoms with Gasteiger partial charge in [-0.3, -0.25) is 4.57 Å². The van der Waals surface area contributed by atoms with Crippen molar-refractivity contribution >= 4 is 40.1 Å². The van der Waals surface area contributed by atoms with Crippen LogP contribution in [0.3, 0.4) is 0 Å². The van der Waals surface area contributed by atoms with Gasteiger partial charge in [0.1, 0.15) is 11.3 Å². The second-order valence-electron chi connectivity index (χ2n) is 8.18. The first-order valence-corrected chi connectivity index (χ1v) is 11.0. The number of hydrogen-bond acceptors (Lipinski definition) is 7. The summed E-state index contributed by atoms with van der Waals surface area (Å²) < 4.78 is 21.5. The van der Waals surface area contributed by atoms with E-state index in [1.807, 2.05) is 30.5 Å². The van der Waals surface area contributed by atoms with Gasteiger partial charge in [0.05, 0.1) is 25.1 Å². The molecule has 0 atom stereocenters. The van der Waals surface area contributed by atoms with Crippen LogP contribution in [0.15, 0.2) is 54.7 Å². The van der Waals surface area contributed by atoms with Gasteiger partial charge in [-0.25, -0.2) is 14.4 Å². The number of ether oxygens (including phenoxy) is 1. The van der Waals surface area contributed by atoms with E-state index in [0.717, 1.165) is 32.0 Å². The van der Waals surface area contributed by atoms with Crippen LogP contribution in [0.25, 0.3) is 11.2 Å². The van der Waals surface area contributed by atoms with E-state index >= 15 is 0 Å². The van der Waals surface area contributed by atoms with Crippen LogP contribution in [-0.2, 0) is 4.74 Å². The van der Waals surface area contributed by atoms with Gasteiger partial charge in [0.15, 0.2) is 5.65 Å². The molecule has 9 heteroatoms. The molecule has 0 saturated carbocycles. The van der Waals surface area contributed by atoms with Crippen LogP contribution in [0.5, 0.6) is 0 Å². The number of aromatic nitrogens is 4. The van der Waals surface area contributed by atoms with Gasteiger partial charge in [-0.1, -0.05) is 12.1 Å². The summed E-state index contributed by atoms with van der Waals surface area (Å²) in [5.41, 5.74) is 3.73. The van der Waals surface area contributed by atoms with Crippen molar-refractivity contribution < 1.29 is 9.13 Å². The fourth-order valence-electron chi connectivity index (χ4n) is 3.92. The molecule has 1 aliphatic rings. The molecule has 1 aliphatic heterocycles. The Bertz CT molecular complexity index is 1250. The average Bonchev–Trinajstić information content (AvgIpc) is 3.19. The Hall–Kier alpha value is -3.72. The highest BCUT2D eigenvalue weighted by Crippen LogP contribution is 2.28. The van der Waals surface area contributed by atoms with Gasteiger partial charge in [-0.05, 0) is 50.2 Å². The number of imidazole rings is 1. The minimum atomic E-state index is -0.339. The van der Waals surface area contributed by atoms with Crippen LogP contribution in [0.2, 0.25) is 0 Å². The third-order valence-electron chi connectivity index (χ3n) is 5.57. The molecule has 5 rings (SSSR count). The van der Waals surface area contributed by atoms with Gasteiger partial charge in [-0.15, -0.1) is 0 Å². The minimum Gasteiger partial charge on any atom is -0.378 e. The van der Waals surface area contributed by atoms with Crippen molar-refractivity contribution in [2.75, 3.05) is 41.8 Å². The van der Waals surface area contributed by atoms with E-state index in [1.54, 1.807) is 24.4 Å². The maximum absolute atomic E-state index is 14.2. The number of nitrogens with zero attached hydrogens (tertiary/aromatic N) is 5. The van der Waals surface area contributed by atoms with Crippen LogP contribution < -0.4 is 15.5 Å². The molecule has 0 spiro atoms. The molecule has 0 radical (unpaired) electrons. The van der Waals surface area contributed by atoms with E-state index < -0.39 is 0 Å². The molecule has 0 aliphatic carbocycles. The summed E-state index contributed by atoms with van der Waals surface area (Å²) in [5.74, 6) is 0.654. The Kier molecular flexibility index (Phi) is 5.78. The number of anilines is 5. The van der Waals surface area contributed by atoms with Crippen LogP contribution in [-0.4, -0.2) is 45.8 Å². The molecular weight excluding hydrogens is 421 g/mol. The molecule has 33 heavy (non-hydrogen) atoms. The van der Waals surface area contributed by atoms with E-state index in [9.17, 15) is 4.39 Å². The van der Waals surface area contributed by atoms with Crippen molar-refractivity contribution in [3.8, 4) is 0 Å². The fourth-order valence-corrected chi connectivity index (χ4v) is 3.92. The van der Waals surface area contributed by atoms with Gasteiger partial charge in [0, 0.05) is 30.5 Å². The lowest BCUT2D eigenvalue weighted by atomic mass is 10.2. The summed E-state index contributed by atoms with van der Waals surface area (Å²) in [4.78, 5) is 16.0. The van der Waals surface area contributed by atoms with Gasteiger partial charge in [0.2, 0.25) is 11.9 Å². The lowest BCUT2D eigenvalue weighted by molar-refractivity contribution is 0.122. The molecule has 1 fully saturated rings. The van der Waals surface area contributed by atoms with Crippen LogP contribution in [0.1, 0.15) is 19.9 Å². The summed E-state index contributed by atoms with van der Waals surface area (Å²) in [6.45, 7) is 7.38. The highest BCUT2D eigenvalue weighted by Gasteiger charge is 2.17. The van der Waals surface area contributed by atoms with Gasteiger partial charge in [0.25, 0.3) is 0 Å². The van der Waals surface area contributed by atoms with E-state index in [-0.39, 0.29) is 11.9 Å².